The van der Waals surface area contributed by atoms with Crippen molar-refractivity contribution >= 4 is 10.1 Å². The molecule has 16 heavy (non-hydrogen) atoms. The first-order chi connectivity index (χ1) is 6.94. The summed E-state index contributed by atoms with van der Waals surface area (Å²) in [5.41, 5.74) is -0.0613. The van der Waals surface area contributed by atoms with Crippen molar-refractivity contribution in [3.63, 3.8) is 0 Å². The standard InChI is InChI=1S/C11H23NO3S/c1-10(2)6-9(8-16(13,14)15)7-11(3,4)12(10)5/h9H,6-8H2,1-5H3,(H,13,14,15). The third-order valence-corrected chi connectivity index (χ3v) is 4.73. The van der Waals surface area contributed by atoms with Crippen LogP contribution in [0.4, 0.5) is 0 Å². The van der Waals surface area contributed by atoms with Crippen molar-refractivity contribution in [2.45, 2.75) is 51.6 Å². The molecule has 0 saturated carbocycles. The van der Waals surface area contributed by atoms with E-state index < -0.39 is 10.1 Å². The molecule has 0 spiro atoms. The third kappa shape index (κ3) is 3.18. The Morgan fingerprint density at radius 3 is 1.88 bits per heavy atom. The molecule has 0 aromatic carbocycles. The minimum Gasteiger partial charge on any atom is -0.296 e. The minimum absolute atomic E-state index is 0.0306. The molecule has 0 bridgehead atoms. The van der Waals surface area contributed by atoms with Crippen molar-refractivity contribution in [3.8, 4) is 0 Å². The average molecular weight is 249 g/mol. The average Bonchev–Trinajstić information content (AvgIpc) is 1.95. The van der Waals surface area contributed by atoms with Gasteiger partial charge >= 0.3 is 0 Å². The summed E-state index contributed by atoms with van der Waals surface area (Å²) in [6.45, 7) is 8.46. The van der Waals surface area contributed by atoms with Gasteiger partial charge in [0, 0.05) is 11.1 Å². The van der Waals surface area contributed by atoms with Crippen molar-refractivity contribution in [1.82, 2.24) is 4.90 Å². The van der Waals surface area contributed by atoms with Crippen molar-refractivity contribution in [2.24, 2.45) is 5.92 Å². The summed E-state index contributed by atoms with van der Waals surface area (Å²) < 4.78 is 30.8. The van der Waals surface area contributed by atoms with E-state index in [0.717, 1.165) is 12.8 Å². The molecule has 0 amide bonds. The van der Waals surface area contributed by atoms with Gasteiger partial charge in [0.25, 0.3) is 10.1 Å². The molecule has 0 unspecified atom stereocenters. The summed E-state index contributed by atoms with van der Waals surface area (Å²) in [6, 6.07) is 0. The Morgan fingerprint density at radius 1 is 1.19 bits per heavy atom. The normalized spacial score (nSPS) is 26.9. The van der Waals surface area contributed by atoms with Crippen molar-refractivity contribution in [2.75, 3.05) is 12.8 Å². The lowest BCUT2D eigenvalue weighted by Crippen LogP contribution is -2.59. The van der Waals surface area contributed by atoms with Crippen LogP contribution in [0, 0.1) is 5.92 Å². The number of likely N-dealkylation sites (tertiary alicyclic amines) is 1. The highest BCUT2D eigenvalue weighted by molar-refractivity contribution is 7.85. The first-order valence-electron chi connectivity index (χ1n) is 5.63. The van der Waals surface area contributed by atoms with Gasteiger partial charge in [0.05, 0.1) is 5.75 Å². The fourth-order valence-electron chi connectivity index (χ4n) is 2.99. The molecule has 1 saturated heterocycles. The SMILES string of the molecule is CN1C(C)(C)CC(CS(=O)(=O)O)CC1(C)C. The molecule has 0 atom stereocenters. The van der Waals surface area contributed by atoms with Gasteiger partial charge in [-0.3, -0.25) is 9.45 Å². The lowest BCUT2D eigenvalue weighted by Gasteiger charge is -2.53. The Kier molecular flexibility index (Phi) is 3.45. The predicted molar refractivity (Wildman–Crippen MR) is 65.1 cm³/mol. The van der Waals surface area contributed by atoms with Crippen LogP contribution in [-0.4, -0.2) is 41.7 Å². The van der Waals surface area contributed by atoms with E-state index in [9.17, 15) is 8.42 Å². The van der Waals surface area contributed by atoms with E-state index in [-0.39, 0.29) is 22.7 Å². The van der Waals surface area contributed by atoms with E-state index in [1.807, 2.05) is 0 Å². The van der Waals surface area contributed by atoms with Gasteiger partial charge < -0.3 is 0 Å². The second-order valence-electron chi connectivity index (χ2n) is 6.21. The van der Waals surface area contributed by atoms with Crippen LogP contribution in [0.15, 0.2) is 0 Å². The van der Waals surface area contributed by atoms with E-state index >= 15 is 0 Å². The van der Waals surface area contributed by atoms with Crippen molar-refractivity contribution in [3.05, 3.63) is 0 Å². The minimum atomic E-state index is -3.86. The summed E-state index contributed by atoms with van der Waals surface area (Å²) in [5.74, 6) is -0.0792. The summed E-state index contributed by atoms with van der Waals surface area (Å²) in [4.78, 5) is 2.29. The summed E-state index contributed by atoms with van der Waals surface area (Å²) in [6.07, 6.45) is 1.60. The number of hydrogen-bond acceptors (Lipinski definition) is 3. The Morgan fingerprint density at radius 2 is 1.56 bits per heavy atom. The molecular formula is C11H23NO3S. The highest BCUT2D eigenvalue weighted by Crippen LogP contribution is 2.40. The van der Waals surface area contributed by atoms with Crippen LogP contribution >= 0.6 is 0 Å². The molecule has 0 aromatic heterocycles. The topological polar surface area (TPSA) is 57.6 Å². The number of rotatable bonds is 2. The molecule has 0 aliphatic carbocycles. The predicted octanol–water partition coefficient (Wildman–Crippen LogP) is 1.77. The number of piperidine rings is 1. The van der Waals surface area contributed by atoms with Crippen LogP contribution in [0.1, 0.15) is 40.5 Å². The lowest BCUT2D eigenvalue weighted by atomic mass is 9.75. The molecule has 1 aliphatic rings. The highest BCUT2D eigenvalue weighted by Gasteiger charge is 2.43. The van der Waals surface area contributed by atoms with Crippen LogP contribution in [0.2, 0.25) is 0 Å². The molecule has 1 rings (SSSR count). The van der Waals surface area contributed by atoms with Crippen molar-refractivity contribution < 1.29 is 13.0 Å². The van der Waals surface area contributed by atoms with Crippen LogP contribution in [-0.2, 0) is 10.1 Å². The maximum Gasteiger partial charge on any atom is 0.265 e. The van der Waals surface area contributed by atoms with Crippen LogP contribution in [0.3, 0.4) is 0 Å². The first-order valence-corrected chi connectivity index (χ1v) is 7.24. The Hall–Kier alpha value is -0.130. The zero-order valence-electron chi connectivity index (χ0n) is 10.8. The number of nitrogens with zero attached hydrogens (tertiary/aromatic N) is 1. The van der Waals surface area contributed by atoms with Gasteiger partial charge in [0.2, 0.25) is 0 Å². The zero-order chi connectivity index (χ0) is 12.8. The third-order valence-electron chi connectivity index (χ3n) is 3.84. The highest BCUT2D eigenvalue weighted by atomic mass is 32.2. The first kappa shape index (κ1) is 13.9. The monoisotopic (exact) mass is 249 g/mol. The van der Waals surface area contributed by atoms with Gasteiger partial charge in [-0.25, -0.2) is 0 Å². The lowest BCUT2D eigenvalue weighted by molar-refractivity contribution is -0.0250. The maximum absolute atomic E-state index is 10.9. The van der Waals surface area contributed by atoms with Gasteiger partial charge in [0.1, 0.15) is 0 Å². The van der Waals surface area contributed by atoms with E-state index in [1.165, 1.54) is 0 Å². The summed E-state index contributed by atoms with van der Waals surface area (Å²) in [7, 11) is -1.79. The molecule has 1 fully saturated rings. The second-order valence-corrected chi connectivity index (χ2v) is 7.70. The van der Waals surface area contributed by atoms with Crippen LogP contribution < -0.4 is 0 Å². The molecule has 5 heteroatoms. The largest absolute Gasteiger partial charge is 0.296 e. The Labute approximate surface area is 98.8 Å². The summed E-state index contributed by atoms with van der Waals surface area (Å²) >= 11 is 0. The molecule has 96 valence electrons. The number of hydrogen-bond donors (Lipinski definition) is 1. The smallest absolute Gasteiger partial charge is 0.265 e. The zero-order valence-corrected chi connectivity index (χ0v) is 11.6. The van der Waals surface area contributed by atoms with Crippen LogP contribution in [0.25, 0.3) is 0 Å². The molecule has 4 nitrogen and oxygen atoms in total. The van der Waals surface area contributed by atoms with E-state index in [2.05, 4.69) is 39.6 Å². The van der Waals surface area contributed by atoms with Gasteiger partial charge in [-0.2, -0.15) is 8.42 Å². The summed E-state index contributed by atoms with van der Waals surface area (Å²) in [5, 5.41) is 0. The quantitative estimate of drug-likeness (QED) is 0.758. The Bertz CT molecular complexity index is 341. The maximum atomic E-state index is 10.9. The van der Waals surface area contributed by atoms with E-state index in [1.54, 1.807) is 0 Å². The van der Waals surface area contributed by atoms with E-state index in [4.69, 9.17) is 4.55 Å². The fourth-order valence-corrected chi connectivity index (χ4v) is 3.83. The molecule has 1 aliphatic heterocycles. The van der Waals surface area contributed by atoms with Crippen LogP contribution in [0.5, 0.6) is 0 Å². The fraction of sp³-hybridized carbons (Fsp3) is 1.00. The Balaban J connectivity index is 2.87. The van der Waals surface area contributed by atoms with Gasteiger partial charge in [-0.05, 0) is 53.5 Å². The molecule has 0 radical (unpaired) electrons. The molecule has 1 N–H and O–H groups in total. The van der Waals surface area contributed by atoms with Gasteiger partial charge in [-0.1, -0.05) is 0 Å². The van der Waals surface area contributed by atoms with Gasteiger partial charge in [0.15, 0.2) is 0 Å². The van der Waals surface area contributed by atoms with Crippen molar-refractivity contribution in [1.29, 1.82) is 0 Å². The van der Waals surface area contributed by atoms with E-state index in [0.29, 0.717) is 0 Å². The van der Waals surface area contributed by atoms with Gasteiger partial charge in [-0.15, -0.1) is 0 Å². The molecule has 1 heterocycles. The second kappa shape index (κ2) is 3.96. The molecule has 0 aromatic rings. The molecular weight excluding hydrogens is 226 g/mol.